The fourth-order valence-electron chi connectivity index (χ4n) is 1.13. The van der Waals surface area contributed by atoms with Crippen molar-refractivity contribution < 1.29 is 8.78 Å². The van der Waals surface area contributed by atoms with Crippen LogP contribution in [0.1, 0.15) is 0 Å². The average molecular weight is 222 g/mol. The van der Waals surface area contributed by atoms with Crippen LogP contribution in [0.15, 0.2) is 30.6 Å². The molecular formula is C10H8F2N4. The zero-order valence-corrected chi connectivity index (χ0v) is 8.11. The minimum Gasteiger partial charge on any atom is -0.396 e. The molecule has 0 unspecified atom stereocenters. The SMILES string of the molecule is Nc1cnc(Nc2c(F)cccc2F)nc1. The van der Waals surface area contributed by atoms with Crippen molar-refractivity contribution in [2.45, 2.75) is 0 Å². The Balaban J connectivity index is 2.30. The minimum absolute atomic E-state index is 0.0817. The molecule has 0 aliphatic carbocycles. The Bertz CT molecular complexity index is 478. The van der Waals surface area contributed by atoms with Gasteiger partial charge in [-0.25, -0.2) is 18.7 Å². The van der Waals surface area contributed by atoms with E-state index in [0.29, 0.717) is 5.69 Å². The van der Waals surface area contributed by atoms with Gasteiger partial charge in [0.25, 0.3) is 0 Å². The molecule has 0 saturated heterocycles. The number of anilines is 3. The molecule has 16 heavy (non-hydrogen) atoms. The van der Waals surface area contributed by atoms with Crippen molar-refractivity contribution in [1.29, 1.82) is 0 Å². The van der Waals surface area contributed by atoms with Gasteiger partial charge in [-0.15, -0.1) is 0 Å². The number of halogens is 2. The first kappa shape index (κ1) is 10.3. The van der Waals surface area contributed by atoms with Crippen molar-refractivity contribution in [3.63, 3.8) is 0 Å². The summed E-state index contributed by atoms with van der Waals surface area (Å²) in [5, 5.41) is 2.44. The molecule has 82 valence electrons. The summed E-state index contributed by atoms with van der Waals surface area (Å²) in [6, 6.07) is 3.56. The van der Waals surface area contributed by atoms with E-state index in [1.165, 1.54) is 18.5 Å². The summed E-state index contributed by atoms with van der Waals surface area (Å²) in [5.74, 6) is -1.33. The number of aromatic nitrogens is 2. The number of hydrogen-bond acceptors (Lipinski definition) is 4. The van der Waals surface area contributed by atoms with Gasteiger partial charge in [-0.3, -0.25) is 0 Å². The van der Waals surface area contributed by atoms with Crippen LogP contribution in [0, 0.1) is 11.6 Å². The number of rotatable bonds is 2. The lowest BCUT2D eigenvalue weighted by Gasteiger charge is -2.06. The minimum atomic E-state index is -0.708. The quantitative estimate of drug-likeness (QED) is 0.816. The van der Waals surface area contributed by atoms with E-state index in [-0.39, 0.29) is 11.6 Å². The predicted molar refractivity (Wildman–Crippen MR) is 56.1 cm³/mol. The largest absolute Gasteiger partial charge is 0.396 e. The zero-order valence-electron chi connectivity index (χ0n) is 8.11. The highest BCUT2D eigenvalue weighted by Crippen LogP contribution is 2.20. The predicted octanol–water partition coefficient (Wildman–Crippen LogP) is 2.08. The molecule has 2 rings (SSSR count). The fraction of sp³-hybridized carbons (Fsp3) is 0. The Hall–Kier alpha value is -2.24. The van der Waals surface area contributed by atoms with Crippen LogP contribution in [0.3, 0.4) is 0 Å². The molecule has 4 nitrogen and oxygen atoms in total. The third-order valence-electron chi connectivity index (χ3n) is 1.87. The number of nitrogen functional groups attached to an aromatic ring is 1. The third-order valence-corrected chi connectivity index (χ3v) is 1.87. The Kier molecular flexibility index (Phi) is 2.63. The highest BCUT2D eigenvalue weighted by atomic mass is 19.1. The molecule has 1 aromatic carbocycles. The van der Waals surface area contributed by atoms with Gasteiger partial charge in [0, 0.05) is 0 Å². The van der Waals surface area contributed by atoms with Crippen LogP contribution < -0.4 is 11.1 Å². The Morgan fingerprint density at radius 1 is 1.06 bits per heavy atom. The van der Waals surface area contributed by atoms with Gasteiger partial charge in [0.1, 0.15) is 17.3 Å². The van der Waals surface area contributed by atoms with Gasteiger partial charge in [0.2, 0.25) is 5.95 Å². The number of nitrogens with two attached hydrogens (primary N) is 1. The number of hydrogen-bond donors (Lipinski definition) is 2. The van der Waals surface area contributed by atoms with Crippen LogP contribution in [0.25, 0.3) is 0 Å². The van der Waals surface area contributed by atoms with Gasteiger partial charge < -0.3 is 11.1 Å². The van der Waals surface area contributed by atoms with Crippen molar-refractivity contribution in [3.8, 4) is 0 Å². The van der Waals surface area contributed by atoms with E-state index in [4.69, 9.17) is 5.73 Å². The molecule has 3 N–H and O–H groups in total. The van der Waals surface area contributed by atoms with Crippen LogP contribution in [0.2, 0.25) is 0 Å². The molecule has 2 aromatic rings. The van der Waals surface area contributed by atoms with Gasteiger partial charge in [0.15, 0.2) is 0 Å². The highest BCUT2D eigenvalue weighted by Gasteiger charge is 2.09. The molecule has 0 aliphatic heterocycles. The lowest BCUT2D eigenvalue weighted by Crippen LogP contribution is -2.01. The maximum absolute atomic E-state index is 13.2. The molecular weight excluding hydrogens is 214 g/mol. The smallest absolute Gasteiger partial charge is 0.227 e. The highest BCUT2D eigenvalue weighted by molar-refractivity contribution is 5.55. The first-order valence-electron chi connectivity index (χ1n) is 4.45. The van der Waals surface area contributed by atoms with E-state index in [1.54, 1.807) is 0 Å². The second kappa shape index (κ2) is 4.09. The normalized spacial score (nSPS) is 10.1. The van der Waals surface area contributed by atoms with Gasteiger partial charge in [-0.05, 0) is 12.1 Å². The molecule has 0 aliphatic rings. The Morgan fingerprint density at radius 2 is 1.62 bits per heavy atom. The third kappa shape index (κ3) is 2.05. The van der Waals surface area contributed by atoms with Crippen molar-refractivity contribution in [1.82, 2.24) is 9.97 Å². The summed E-state index contributed by atoms with van der Waals surface area (Å²) >= 11 is 0. The molecule has 0 atom stereocenters. The maximum Gasteiger partial charge on any atom is 0.227 e. The van der Waals surface area contributed by atoms with E-state index < -0.39 is 11.6 Å². The summed E-state index contributed by atoms with van der Waals surface area (Å²) < 4.78 is 26.5. The second-order valence-corrected chi connectivity index (χ2v) is 3.06. The van der Waals surface area contributed by atoms with Crippen LogP contribution in [-0.2, 0) is 0 Å². The van der Waals surface area contributed by atoms with Crippen LogP contribution >= 0.6 is 0 Å². The molecule has 0 spiro atoms. The molecule has 1 aromatic heterocycles. The van der Waals surface area contributed by atoms with E-state index in [1.807, 2.05) is 0 Å². The molecule has 6 heteroatoms. The molecule has 0 bridgehead atoms. The van der Waals surface area contributed by atoms with E-state index in [2.05, 4.69) is 15.3 Å². The van der Waals surface area contributed by atoms with Crippen LogP contribution in [-0.4, -0.2) is 9.97 Å². The summed E-state index contributed by atoms with van der Waals surface area (Å²) in [5.41, 5.74) is 5.47. The summed E-state index contributed by atoms with van der Waals surface area (Å²) in [4.78, 5) is 7.55. The van der Waals surface area contributed by atoms with Crippen molar-refractivity contribution in [2.24, 2.45) is 0 Å². The Labute approximate surface area is 90.1 Å². The second-order valence-electron chi connectivity index (χ2n) is 3.06. The van der Waals surface area contributed by atoms with Gasteiger partial charge >= 0.3 is 0 Å². The van der Waals surface area contributed by atoms with Gasteiger partial charge in [-0.1, -0.05) is 6.07 Å². The topological polar surface area (TPSA) is 63.8 Å². The van der Waals surface area contributed by atoms with Crippen molar-refractivity contribution >= 4 is 17.3 Å². The molecule has 0 saturated carbocycles. The first-order chi connectivity index (χ1) is 7.66. The number of nitrogens with one attached hydrogen (secondary N) is 1. The summed E-state index contributed by atoms with van der Waals surface area (Å²) in [6.45, 7) is 0. The van der Waals surface area contributed by atoms with Crippen molar-refractivity contribution in [2.75, 3.05) is 11.1 Å². The summed E-state index contributed by atoms with van der Waals surface area (Å²) in [7, 11) is 0. The Morgan fingerprint density at radius 3 is 2.19 bits per heavy atom. The number of para-hydroxylation sites is 1. The molecule has 0 amide bonds. The standard InChI is InChI=1S/C10H8F2N4/c11-7-2-1-3-8(12)9(7)16-10-14-4-6(13)5-15-10/h1-5H,13H2,(H,14,15,16). The van der Waals surface area contributed by atoms with E-state index in [9.17, 15) is 8.78 Å². The molecule has 0 fully saturated rings. The monoisotopic (exact) mass is 222 g/mol. The van der Waals surface area contributed by atoms with E-state index >= 15 is 0 Å². The van der Waals surface area contributed by atoms with Crippen LogP contribution in [0.5, 0.6) is 0 Å². The molecule has 0 radical (unpaired) electrons. The molecule has 1 heterocycles. The summed E-state index contributed by atoms with van der Waals surface area (Å²) in [6.07, 6.45) is 2.68. The lowest BCUT2D eigenvalue weighted by atomic mass is 10.3. The van der Waals surface area contributed by atoms with E-state index in [0.717, 1.165) is 12.1 Å². The zero-order chi connectivity index (χ0) is 11.5. The maximum atomic E-state index is 13.2. The fourth-order valence-corrected chi connectivity index (χ4v) is 1.13. The van der Waals surface area contributed by atoms with Crippen LogP contribution in [0.4, 0.5) is 26.1 Å². The van der Waals surface area contributed by atoms with Gasteiger partial charge in [-0.2, -0.15) is 0 Å². The lowest BCUT2D eigenvalue weighted by molar-refractivity contribution is 0.590. The number of nitrogens with zero attached hydrogens (tertiary/aromatic N) is 2. The first-order valence-corrected chi connectivity index (χ1v) is 4.45. The number of benzene rings is 1. The van der Waals surface area contributed by atoms with Crippen molar-refractivity contribution in [3.05, 3.63) is 42.2 Å². The average Bonchev–Trinajstić information content (AvgIpc) is 2.26. The van der Waals surface area contributed by atoms with Gasteiger partial charge in [0.05, 0.1) is 18.1 Å².